The second-order valence-electron chi connectivity index (χ2n) is 12.6. The Morgan fingerprint density at radius 2 is 1.52 bits per heavy atom. The summed E-state index contributed by atoms with van der Waals surface area (Å²) in [4.78, 5) is 30.0. The van der Waals surface area contributed by atoms with Crippen LogP contribution in [0.4, 0.5) is 18.9 Å². The molecule has 1 fully saturated rings. The van der Waals surface area contributed by atoms with Gasteiger partial charge in [-0.15, -0.1) is 0 Å². The predicted molar refractivity (Wildman–Crippen MR) is 191 cm³/mol. The van der Waals surface area contributed by atoms with Crippen LogP contribution in [0.2, 0.25) is 0 Å². The Labute approximate surface area is 299 Å². The van der Waals surface area contributed by atoms with E-state index in [2.05, 4.69) is 21.2 Å². The topological polar surface area (TPSA) is 86.8 Å². The molecule has 0 aliphatic heterocycles. The first-order valence-electron chi connectivity index (χ1n) is 16.5. The first kappa shape index (κ1) is 37.1. The number of aryl methyl sites for hydroxylation is 1. The monoisotopic (exact) mass is 769 g/mol. The van der Waals surface area contributed by atoms with Crippen LogP contribution in [-0.2, 0) is 38.8 Å². The number of sulfonamides is 1. The average Bonchev–Trinajstić information content (AvgIpc) is 3.10. The number of nitrogens with zero attached hydrogens (tertiary/aromatic N) is 2. The fourth-order valence-corrected chi connectivity index (χ4v) is 7.76. The molecular formula is C38H39BrF3N3O4S. The third kappa shape index (κ3) is 9.54. The zero-order valence-corrected chi connectivity index (χ0v) is 30.0. The molecule has 7 nitrogen and oxygen atoms in total. The van der Waals surface area contributed by atoms with Crippen molar-refractivity contribution in [2.45, 2.75) is 75.1 Å². The van der Waals surface area contributed by atoms with Crippen LogP contribution >= 0.6 is 15.9 Å². The zero-order valence-electron chi connectivity index (χ0n) is 27.6. The van der Waals surface area contributed by atoms with Crippen LogP contribution in [0.5, 0.6) is 0 Å². The summed E-state index contributed by atoms with van der Waals surface area (Å²) in [6.45, 7) is 0.870. The van der Waals surface area contributed by atoms with Gasteiger partial charge in [0.25, 0.3) is 10.0 Å². The molecule has 0 saturated heterocycles. The van der Waals surface area contributed by atoms with E-state index >= 15 is 0 Å². The molecule has 0 spiro atoms. The summed E-state index contributed by atoms with van der Waals surface area (Å²) in [5.41, 5.74) is 0.846. The summed E-state index contributed by atoms with van der Waals surface area (Å²) in [5.74, 6) is -1.13. The highest BCUT2D eigenvalue weighted by Gasteiger charge is 2.37. The van der Waals surface area contributed by atoms with E-state index in [4.69, 9.17) is 0 Å². The minimum Gasteiger partial charge on any atom is -0.352 e. The van der Waals surface area contributed by atoms with Crippen molar-refractivity contribution in [2.75, 3.05) is 10.8 Å². The highest BCUT2D eigenvalue weighted by molar-refractivity contribution is 9.10. The molecule has 0 bridgehead atoms. The molecule has 2 amide bonds. The molecule has 1 N–H and O–H groups in total. The molecule has 1 unspecified atom stereocenters. The van der Waals surface area contributed by atoms with Gasteiger partial charge in [0.1, 0.15) is 12.6 Å². The molecule has 50 heavy (non-hydrogen) atoms. The lowest BCUT2D eigenvalue weighted by atomic mass is 9.94. The van der Waals surface area contributed by atoms with Crippen molar-refractivity contribution in [3.63, 3.8) is 0 Å². The smallest absolute Gasteiger partial charge is 0.352 e. The van der Waals surface area contributed by atoms with Gasteiger partial charge < -0.3 is 10.2 Å². The third-order valence-corrected chi connectivity index (χ3v) is 11.2. The Bertz CT molecular complexity index is 1870. The first-order chi connectivity index (χ1) is 23.8. The maximum absolute atomic E-state index is 14.6. The summed E-state index contributed by atoms with van der Waals surface area (Å²) in [6, 6.07) is 25.0. The summed E-state index contributed by atoms with van der Waals surface area (Å²) >= 11 is 3.42. The normalized spacial score (nSPS) is 14.5. The number of benzene rings is 4. The van der Waals surface area contributed by atoms with Crippen molar-refractivity contribution in [1.82, 2.24) is 10.2 Å². The van der Waals surface area contributed by atoms with E-state index in [9.17, 15) is 31.2 Å². The lowest BCUT2D eigenvalue weighted by molar-refractivity contribution is -0.140. The van der Waals surface area contributed by atoms with Gasteiger partial charge in [0, 0.05) is 23.5 Å². The van der Waals surface area contributed by atoms with Crippen molar-refractivity contribution in [2.24, 2.45) is 0 Å². The van der Waals surface area contributed by atoms with Crippen molar-refractivity contribution in [3.05, 3.63) is 130 Å². The van der Waals surface area contributed by atoms with Gasteiger partial charge in [-0.2, -0.15) is 13.2 Å². The summed E-state index contributed by atoms with van der Waals surface area (Å²) in [6.07, 6.45) is 0.0120. The van der Waals surface area contributed by atoms with Crippen molar-refractivity contribution >= 4 is 43.5 Å². The number of halogens is 4. The Morgan fingerprint density at radius 3 is 2.16 bits per heavy atom. The minimum atomic E-state index is -4.76. The van der Waals surface area contributed by atoms with Gasteiger partial charge in [0.15, 0.2) is 0 Å². The predicted octanol–water partition coefficient (Wildman–Crippen LogP) is 8.06. The van der Waals surface area contributed by atoms with Crippen LogP contribution in [0.3, 0.4) is 0 Å². The van der Waals surface area contributed by atoms with E-state index in [-0.39, 0.29) is 35.5 Å². The number of rotatable bonds is 12. The fraction of sp³-hybridized carbons (Fsp3) is 0.316. The molecule has 1 aliphatic carbocycles. The Morgan fingerprint density at radius 1 is 0.860 bits per heavy atom. The number of hydrogen-bond acceptors (Lipinski definition) is 4. The Kier molecular flexibility index (Phi) is 12.1. The van der Waals surface area contributed by atoms with E-state index in [0.717, 1.165) is 65.9 Å². The highest BCUT2D eigenvalue weighted by Crippen LogP contribution is 2.33. The van der Waals surface area contributed by atoms with Gasteiger partial charge in [-0.25, -0.2) is 8.42 Å². The molecule has 5 rings (SSSR count). The first-order valence-corrected chi connectivity index (χ1v) is 18.7. The van der Waals surface area contributed by atoms with E-state index in [0.29, 0.717) is 9.87 Å². The van der Waals surface area contributed by atoms with Crippen LogP contribution in [0.25, 0.3) is 0 Å². The maximum Gasteiger partial charge on any atom is 0.416 e. The average molecular weight is 771 g/mol. The molecule has 264 valence electrons. The number of hydrogen-bond donors (Lipinski definition) is 1. The number of alkyl halides is 3. The molecule has 0 heterocycles. The van der Waals surface area contributed by atoms with Crippen LogP contribution in [0.15, 0.2) is 112 Å². The molecule has 0 aromatic heterocycles. The molecular weight excluding hydrogens is 731 g/mol. The lowest BCUT2D eigenvalue weighted by Crippen LogP contribution is -2.55. The van der Waals surface area contributed by atoms with Crippen molar-refractivity contribution in [3.8, 4) is 0 Å². The van der Waals surface area contributed by atoms with Crippen LogP contribution in [-0.4, -0.2) is 43.8 Å². The van der Waals surface area contributed by atoms with Gasteiger partial charge >= 0.3 is 6.18 Å². The molecule has 1 aliphatic rings. The second-order valence-corrected chi connectivity index (χ2v) is 15.3. The van der Waals surface area contributed by atoms with Gasteiger partial charge in [0.2, 0.25) is 11.8 Å². The molecule has 0 radical (unpaired) electrons. The standard InChI is InChI=1S/C38H39BrF3N3O4S/c1-27-15-21-34(22-16-27)50(48,49)45(33-14-8-11-30(24-33)38(40,41)42)26-36(46)44(25-29-17-19-31(39)20-18-29)35(23-28-9-4-2-5-10-28)37(47)43-32-12-6-3-7-13-32/h2,4-5,8-11,14-22,24,32,35H,3,6-7,12-13,23,25-26H2,1H3,(H,43,47). The van der Waals surface area contributed by atoms with Gasteiger partial charge in [-0.3, -0.25) is 13.9 Å². The SMILES string of the molecule is Cc1ccc(S(=O)(=O)N(CC(=O)N(Cc2ccc(Br)cc2)C(Cc2ccccc2)C(=O)NC2CCCCC2)c2cccc(C(F)(F)F)c2)cc1. The minimum absolute atomic E-state index is 0.0529. The number of anilines is 1. The van der Waals surface area contributed by atoms with Crippen molar-refractivity contribution < 1.29 is 31.2 Å². The molecule has 4 aromatic rings. The van der Waals surface area contributed by atoms with E-state index in [1.54, 1.807) is 43.3 Å². The van der Waals surface area contributed by atoms with E-state index in [1.165, 1.54) is 23.1 Å². The lowest BCUT2D eigenvalue weighted by Gasteiger charge is -2.35. The summed E-state index contributed by atoms with van der Waals surface area (Å²) in [7, 11) is -4.56. The van der Waals surface area contributed by atoms with Gasteiger partial charge in [-0.1, -0.05) is 101 Å². The van der Waals surface area contributed by atoms with Crippen LogP contribution in [0.1, 0.15) is 54.4 Å². The zero-order chi connectivity index (χ0) is 35.9. The van der Waals surface area contributed by atoms with E-state index in [1.807, 2.05) is 30.3 Å². The Hall–Kier alpha value is -4.16. The maximum atomic E-state index is 14.6. The molecule has 4 aromatic carbocycles. The summed E-state index contributed by atoms with van der Waals surface area (Å²) in [5, 5.41) is 3.14. The van der Waals surface area contributed by atoms with Crippen LogP contribution < -0.4 is 9.62 Å². The number of carbonyl (C=O) groups excluding carboxylic acids is 2. The number of nitrogens with one attached hydrogen (secondary N) is 1. The van der Waals surface area contributed by atoms with Gasteiger partial charge in [-0.05, 0) is 73.4 Å². The van der Waals surface area contributed by atoms with E-state index < -0.39 is 40.3 Å². The largest absolute Gasteiger partial charge is 0.416 e. The van der Waals surface area contributed by atoms with Crippen molar-refractivity contribution in [1.29, 1.82) is 0 Å². The molecule has 12 heteroatoms. The third-order valence-electron chi connectivity index (χ3n) is 8.84. The number of carbonyl (C=O) groups is 2. The summed E-state index contributed by atoms with van der Waals surface area (Å²) < 4.78 is 71.5. The second kappa shape index (κ2) is 16.2. The fourth-order valence-electron chi connectivity index (χ4n) is 6.09. The number of amides is 2. The molecule has 1 atom stereocenters. The quantitative estimate of drug-likeness (QED) is 0.158. The van der Waals surface area contributed by atoms with Gasteiger partial charge in [0.05, 0.1) is 16.1 Å². The Balaban J connectivity index is 1.59. The van der Waals surface area contributed by atoms with Crippen LogP contribution in [0, 0.1) is 6.92 Å². The highest BCUT2D eigenvalue weighted by atomic mass is 79.9. The molecule has 1 saturated carbocycles.